The minimum Gasteiger partial charge on any atom is -0.358 e. The number of nitrogens with one attached hydrogen (secondary N) is 1. The lowest BCUT2D eigenvalue weighted by Crippen LogP contribution is -1.79. The monoisotopic (exact) mass is 167 g/mol. The molecule has 0 aliphatic heterocycles. The van der Waals surface area contributed by atoms with E-state index in [0.717, 1.165) is 11.8 Å². The molecule has 0 saturated carbocycles. The Labute approximate surface area is 68.0 Å². The van der Waals surface area contributed by atoms with Crippen LogP contribution >= 0.6 is 0 Å². The largest absolute Gasteiger partial charge is 0.358 e. The SMILES string of the molecule is Cc1cc2c(F)cc(F)cc2[nH]1. The third kappa shape index (κ3) is 0.978. The Balaban J connectivity index is 2.88. The second-order valence-electron chi connectivity index (χ2n) is 2.80. The van der Waals surface area contributed by atoms with Gasteiger partial charge < -0.3 is 4.98 Å². The van der Waals surface area contributed by atoms with Gasteiger partial charge in [-0.05, 0) is 19.1 Å². The zero-order chi connectivity index (χ0) is 8.72. The Kier molecular flexibility index (Phi) is 1.40. The van der Waals surface area contributed by atoms with Crippen molar-refractivity contribution < 1.29 is 8.78 Å². The lowest BCUT2D eigenvalue weighted by atomic mass is 10.2. The molecule has 1 heterocycles. The fourth-order valence-electron chi connectivity index (χ4n) is 1.30. The van der Waals surface area contributed by atoms with E-state index in [9.17, 15) is 8.78 Å². The maximum Gasteiger partial charge on any atom is 0.135 e. The van der Waals surface area contributed by atoms with E-state index in [4.69, 9.17) is 0 Å². The van der Waals surface area contributed by atoms with Gasteiger partial charge in [0.25, 0.3) is 0 Å². The summed E-state index contributed by atoms with van der Waals surface area (Å²) in [5.74, 6) is -1.07. The number of fused-ring (bicyclic) bond motifs is 1. The molecule has 2 aromatic rings. The number of rotatable bonds is 0. The molecular formula is C9H7F2N. The molecule has 2 rings (SSSR count). The minimum atomic E-state index is -0.554. The van der Waals surface area contributed by atoms with Gasteiger partial charge in [-0.1, -0.05) is 0 Å². The van der Waals surface area contributed by atoms with E-state index in [0.29, 0.717) is 10.9 Å². The van der Waals surface area contributed by atoms with Crippen molar-refractivity contribution in [2.45, 2.75) is 6.92 Å². The highest BCUT2D eigenvalue weighted by molar-refractivity contribution is 5.80. The quantitative estimate of drug-likeness (QED) is 0.621. The van der Waals surface area contributed by atoms with Crippen molar-refractivity contribution in [2.75, 3.05) is 0 Å². The van der Waals surface area contributed by atoms with Crippen LogP contribution in [0.4, 0.5) is 8.78 Å². The van der Waals surface area contributed by atoms with Gasteiger partial charge >= 0.3 is 0 Å². The molecule has 0 amide bonds. The van der Waals surface area contributed by atoms with Crippen molar-refractivity contribution in [3.05, 3.63) is 35.5 Å². The van der Waals surface area contributed by atoms with Crippen LogP contribution in [0.3, 0.4) is 0 Å². The van der Waals surface area contributed by atoms with Crippen molar-refractivity contribution in [2.24, 2.45) is 0 Å². The lowest BCUT2D eigenvalue weighted by Gasteiger charge is -1.91. The smallest absolute Gasteiger partial charge is 0.135 e. The van der Waals surface area contributed by atoms with Crippen LogP contribution in [0.15, 0.2) is 18.2 Å². The third-order valence-corrected chi connectivity index (χ3v) is 1.79. The highest BCUT2D eigenvalue weighted by atomic mass is 19.1. The Bertz CT molecular complexity index is 431. The van der Waals surface area contributed by atoms with Crippen LogP contribution in [0.1, 0.15) is 5.69 Å². The standard InChI is InChI=1S/C9H7F2N/c1-5-2-7-8(11)3-6(10)4-9(7)12-5/h2-4,12H,1H3. The summed E-state index contributed by atoms with van der Waals surface area (Å²) in [6.45, 7) is 1.80. The molecule has 0 aliphatic rings. The van der Waals surface area contributed by atoms with Crippen molar-refractivity contribution in [1.82, 2.24) is 4.98 Å². The Morgan fingerprint density at radius 2 is 1.92 bits per heavy atom. The Morgan fingerprint density at radius 1 is 1.17 bits per heavy atom. The average Bonchev–Trinajstić information content (AvgIpc) is 2.29. The second-order valence-corrected chi connectivity index (χ2v) is 2.80. The van der Waals surface area contributed by atoms with E-state index in [2.05, 4.69) is 4.98 Å². The van der Waals surface area contributed by atoms with Crippen molar-refractivity contribution >= 4 is 10.9 Å². The summed E-state index contributed by atoms with van der Waals surface area (Å²) >= 11 is 0. The fourth-order valence-corrected chi connectivity index (χ4v) is 1.30. The number of H-pyrrole nitrogens is 1. The first-order valence-corrected chi connectivity index (χ1v) is 3.61. The van der Waals surface area contributed by atoms with Gasteiger partial charge in [0.05, 0.1) is 5.52 Å². The van der Waals surface area contributed by atoms with E-state index < -0.39 is 11.6 Å². The first-order valence-electron chi connectivity index (χ1n) is 3.61. The van der Waals surface area contributed by atoms with Gasteiger partial charge in [0.15, 0.2) is 0 Å². The topological polar surface area (TPSA) is 15.8 Å². The summed E-state index contributed by atoms with van der Waals surface area (Å²) in [4.78, 5) is 2.86. The minimum absolute atomic E-state index is 0.439. The van der Waals surface area contributed by atoms with Crippen molar-refractivity contribution in [3.63, 3.8) is 0 Å². The molecule has 3 heteroatoms. The summed E-state index contributed by atoms with van der Waals surface area (Å²) in [6, 6.07) is 3.82. The number of benzene rings is 1. The zero-order valence-electron chi connectivity index (χ0n) is 6.49. The Hall–Kier alpha value is -1.38. The maximum atomic E-state index is 13.0. The molecule has 0 bridgehead atoms. The highest BCUT2D eigenvalue weighted by Gasteiger charge is 2.05. The van der Waals surface area contributed by atoms with Crippen LogP contribution in [0.2, 0.25) is 0 Å². The molecule has 0 spiro atoms. The second kappa shape index (κ2) is 2.30. The molecule has 62 valence electrons. The molecule has 0 radical (unpaired) electrons. The molecule has 0 saturated heterocycles. The predicted molar refractivity (Wildman–Crippen MR) is 43.0 cm³/mol. The summed E-state index contributed by atoms with van der Waals surface area (Å²) in [7, 11) is 0. The molecule has 12 heavy (non-hydrogen) atoms. The molecule has 0 aliphatic carbocycles. The van der Waals surface area contributed by atoms with E-state index in [1.54, 1.807) is 13.0 Å². The van der Waals surface area contributed by atoms with Crippen LogP contribution in [0.25, 0.3) is 10.9 Å². The van der Waals surface area contributed by atoms with Crippen molar-refractivity contribution in [1.29, 1.82) is 0 Å². The molecule has 1 aromatic carbocycles. The van der Waals surface area contributed by atoms with Crippen molar-refractivity contribution in [3.8, 4) is 0 Å². The van der Waals surface area contributed by atoms with Crippen LogP contribution in [-0.2, 0) is 0 Å². The van der Waals surface area contributed by atoms with Gasteiger partial charge in [0, 0.05) is 17.1 Å². The van der Waals surface area contributed by atoms with E-state index in [1.165, 1.54) is 6.07 Å². The van der Waals surface area contributed by atoms with E-state index in [-0.39, 0.29) is 0 Å². The molecule has 0 atom stereocenters. The average molecular weight is 167 g/mol. The summed E-state index contributed by atoms with van der Waals surface area (Å²) < 4.78 is 25.6. The number of aryl methyl sites for hydroxylation is 1. The lowest BCUT2D eigenvalue weighted by molar-refractivity contribution is 0.592. The number of halogens is 2. The van der Waals surface area contributed by atoms with E-state index in [1.807, 2.05) is 0 Å². The summed E-state index contributed by atoms with van der Waals surface area (Å²) in [5, 5.41) is 0.439. The molecule has 0 unspecified atom stereocenters. The molecule has 1 aromatic heterocycles. The zero-order valence-corrected chi connectivity index (χ0v) is 6.49. The van der Waals surface area contributed by atoms with Gasteiger partial charge in [0.2, 0.25) is 0 Å². The van der Waals surface area contributed by atoms with Gasteiger partial charge in [-0.25, -0.2) is 8.78 Å². The first-order chi connectivity index (χ1) is 5.66. The fraction of sp³-hybridized carbons (Fsp3) is 0.111. The predicted octanol–water partition coefficient (Wildman–Crippen LogP) is 2.75. The maximum absolute atomic E-state index is 13.0. The number of hydrogen-bond acceptors (Lipinski definition) is 0. The number of hydrogen-bond donors (Lipinski definition) is 1. The van der Waals surface area contributed by atoms with Gasteiger partial charge in [0.1, 0.15) is 11.6 Å². The van der Waals surface area contributed by atoms with Crippen LogP contribution in [-0.4, -0.2) is 4.98 Å². The van der Waals surface area contributed by atoms with Crippen LogP contribution in [0, 0.1) is 18.6 Å². The number of aromatic nitrogens is 1. The summed E-state index contributed by atoms with van der Waals surface area (Å²) in [5.41, 5.74) is 1.33. The van der Waals surface area contributed by atoms with Gasteiger partial charge in [-0.3, -0.25) is 0 Å². The molecule has 0 fully saturated rings. The molecular weight excluding hydrogens is 160 g/mol. The van der Waals surface area contributed by atoms with Crippen LogP contribution < -0.4 is 0 Å². The molecule has 1 nitrogen and oxygen atoms in total. The first kappa shape index (κ1) is 7.28. The Morgan fingerprint density at radius 3 is 2.67 bits per heavy atom. The van der Waals surface area contributed by atoms with Crippen LogP contribution in [0.5, 0.6) is 0 Å². The normalized spacial score (nSPS) is 10.9. The molecule has 1 N–H and O–H groups in total. The highest BCUT2D eigenvalue weighted by Crippen LogP contribution is 2.19. The van der Waals surface area contributed by atoms with Gasteiger partial charge in [-0.15, -0.1) is 0 Å². The van der Waals surface area contributed by atoms with E-state index >= 15 is 0 Å². The number of aromatic amines is 1. The third-order valence-electron chi connectivity index (χ3n) is 1.79. The van der Waals surface area contributed by atoms with Gasteiger partial charge in [-0.2, -0.15) is 0 Å². The summed E-state index contributed by atoms with van der Waals surface area (Å²) in [6.07, 6.45) is 0.